The molecule has 0 saturated heterocycles. The number of hydrogen-bond acceptors (Lipinski definition) is 5. The van der Waals surface area contributed by atoms with Gasteiger partial charge in [0.05, 0.1) is 10.6 Å². The van der Waals surface area contributed by atoms with E-state index in [2.05, 4.69) is 5.32 Å². The maximum Gasteiger partial charge on any atom is 0.264 e. The Bertz CT molecular complexity index is 1930. The first-order valence-corrected chi connectivity index (χ1v) is 17.1. The molecule has 0 aliphatic carbocycles. The van der Waals surface area contributed by atoms with Crippen molar-refractivity contribution in [3.8, 4) is 11.5 Å². The van der Waals surface area contributed by atoms with E-state index < -0.39 is 28.5 Å². The molecule has 5 aromatic carbocycles. The van der Waals surface area contributed by atoms with Crippen LogP contribution in [0.5, 0.6) is 11.5 Å². The van der Waals surface area contributed by atoms with Crippen LogP contribution in [0.2, 0.25) is 0 Å². The van der Waals surface area contributed by atoms with Crippen LogP contribution in [-0.4, -0.2) is 44.8 Å². The normalized spacial score (nSPS) is 11.7. The molecule has 0 aliphatic heterocycles. The van der Waals surface area contributed by atoms with Crippen LogP contribution >= 0.6 is 0 Å². The zero-order chi connectivity index (χ0) is 34.1. The Morgan fingerprint density at radius 2 is 1.31 bits per heavy atom. The van der Waals surface area contributed by atoms with Crippen molar-refractivity contribution in [1.29, 1.82) is 0 Å². The highest BCUT2D eigenvalue weighted by molar-refractivity contribution is 7.92. The SMILES string of the molecule is CNC(=O)C(Cc1ccccc1)N(Cc1ccccc1C)C(=O)CN(c1ccc(Oc2ccccc2)cc1)S(=O)(=O)c1ccc(C)cc1. The van der Waals surface area contributed by atoms with Gasteiger partial charge in [-0.2, -0.15) is 0 Å². The second kappa shape index (κ2) is 15.5. The van der Waals surface area contributed by atoms with Crippen LogP contribution in [0.3, 0.4) is 0 Å². The van der Waals surface area contributed by atoms with Gasteiger partial charge in [0.15, 0.2) is 0 Å². The second-order valence-corrected chi connectivity index (χ2v) is 13.4. The molecule has 5 aromatic rings. The third-order valence-corrected chi connectivity index (χ3v) is 9.90. The number of benzene rings is 5. The highest BCUT2D eigenvalue weighted by Gasteiger charge is 2.34. The molecule has 0 fully saturated rings. The zero-order valence-corrected chi connectivity index (χ0v) is 28.1. The smallest absolute Gasteiger partial charge is 0.264 e. The van der Waals surface area contributed by atoms with Crippen LogP contribution in [0.15, 0.2) is 138 Å². The topological polar surface area (TPSA) is 96.0 Å². The Kier molecular flexibility index (Phi) is 10.9. The average Bonchev–Trinajstić information content (AvgIpc) is 3.10. The number of ether oxygens (including phenoxy) is 1. The molecule has 2 amide bonds. The van der Waals surface area contributed by atoms with Crippen LogP contribution < -0.4 is 14.4 Å². The molecule has 1 unspecified atom stereocenters. The summed E-state index contributed by atoms with van der Waals surface area (Å²) >= 11 is 0. The van der Waals surface area contributed by atoms with E-state index in [1.807, 2.05) is 98.8 Å². The van der Waals surface area contributed by atoms with Gasteiger partial charge in [0.25, 0.3) is 10.0 Å². The molecule has 8 nitrogen and oxygen atoms in total. The van der Waals surface area contributed by atoms with E-state index in [4.69, 9.17) is 4.74 Å². The van der Waals surface area contributed by atoms with Gasteiger partial charge in [-0.3, -0.25) is 13.9 Å². The van der Waals surface area contributed by atoms with E-state index in [-0.39, 0.29) is 29.5 Å². The number of aryl methyl sites for hydroxylation is 2. The fourth-order valence-electron chi connectivity index (χ4n) is 5.36. The minimum atomic E-state index is -4.22. The van der Waals surface area contributed by atoms with Gasteiger partial charge in [0, 0.05) is 20.0 Å². The van der Waals surface area contributed by atoms with Gasteiger partial charge in [-0.15, -0.1) is 0 Å². The highest BCUT2D eigenvalue weighted by atomic mass is 32.2. The van der Waals surface area contributed by atoms with Crippen LogP contribution in [0, 0.1) is 13.8 Å². The summed E-state index contributed by atoms with van der Waals surface area (Å²) in [5, 5.41) is 2.71. The standard InChI is InChI=1S/C39H39N3O5S/c1-29-18-24-36(25-19-29)48(45,46)42(33-20-22-35(23-21-33)47-34-16-8-5-9-17-34)28-38(43)41(27-32-15-11-10-12-30(32)2)37(39(44)40-3)26-31-13-6-4-7-14-31/h4-25,37H,26-28H2,1-3H3,(H,40,44). The third kappa shape index (κ3) is 8.29. The molecule has 0 saturated carbocycles. The number of nitrogens with zero attached hydrogens (tertiary/aromatic N) is 2. The molecule has 0 aromatic heterocycles. The first kappa shape index (κ1) is 33.9. The molecule has 5 rings (SSSR count). The Hall–Kier alpha value is -5.41. The van der Waals surface area contributed by atoms with Crippen molar-refractivity contribution >= 4 is 27.5 Å². The summed E-state index contributed by atoms with van der Waals surface area (Å²) in [5.74, 6) is 0.266. The number of carbonyl (C=O) groups is 2. The number of amides is 2. The predicted molar refractivity (Wildman–Crippen MR) is 188 cm³/mol. The third-order valence-electron chi connectivity index (χ3n) is 8.11. The van der Waals surface area contributed by atoms with Gasteiger partial charge in [-0.1, -0.05) is 90.5 Å². The van der Waals surface area contributed by atoms with Crippen molar-refractivity contribution < 1.29 is 22.7 Å². The summed E-state index contributed by atoms with van der Waals surface area (Å²) in [4.78, 5) is 29.6. The lowest BCUT2D eigenvalue weighted by Gasteiger charge is -2.34. The van der Waals surface area contributed by atoms with E-state index in [1.54, 1.807) is 36.4 Å². The number of sulfonamides is 1. The molecule has 9 heteroatoms. The Balaban J connectivity index is 1.55. The van der Waals surface area contributed by atoms with E-state index in [1.165, 1.54) is 24.1 Å². The number of hydrogen-bond donors (Lipinski definition) is 1. The number of nitrogens with one attached hydrogen (secondary N) is 1. The molecular weight excluding hydrogens is 623 g/mol. The summed E-state index contributed by atoms with van der Waals surface area (Å²) in [7, 11) is -2.69. The van der Waals surface area contributed by atoms with Crippen molar-refractivity contribution in [2.45, 2.75) is 37.8 Å². The summed E-state index contributed by atoms with van der Waals surface area (Å²) in [6, 6.07) is 38.5. The summed E-state index contributed by atoms with van der Waals surface area (Å²) < 4.78 is 35.6. The molecule has 1 N–H and O–H groups in total. The molecule has 0 bridgehead atoms. The van der Waals surface area contributed by atoms with Gasteiger partial charge in [-0.05, 0) is 79.1 Å². The first-order valence-electron chi connectivity index (χ1n) is 15.7. The van der Waals surface area contributed by atoms with Crippen LogP contribution in [0.1, 0.15) is 22.3 Å². The highest BCUT2D eigenvalue weighted by Crippen LogP contribution is 2.29. The van der Waals surface area contributed by atoms with Gasteiger partial charge >= 0.3 is 0 Å². The van der Waals surface area contributed by atoms with E-state index >= 15 is 0 Å². The van der Waals surface area contributed by atoms with E-state index in [0.717, 1.165) is 26.6 Å². The van der Waals surface area contributed by atoms with Gasteiger partial charge in [-0.25, -0.2) is 8.42 Å². The van der Waals surface area contributed by atoms with Crippen molar-refractivity contribution in [3.63, 3.8) is 0 Å². The average molecular weight is 662 g/mol. The Labute approximate surface area is 282 Å². The van der Waals surface area contributed by atoms with Gasteiger partial charge in [0.1, 0.15) is 24.1 Å². The van der Waals surface area contributed by atoms with Crippen LogP contribution in [-0.2, 0) is 32.6 Å². The summed E-state index contributed by atoms with van der Waals surface area (Å²) in [6.07, 6.45) is 0.244. The van der Waals surface area contributed by atoms with Gasteiger partial charge < -0.3 is 15.0 Å². The minimum Gasteiger partial charge on any atom is -0.457 e. The lowest BCUT2D eigenvalue weighted by atomic mass is 10.0. The lowest BCUT2D eigenvalue weighted by Crippen LogP contribution is -2.53. The first-order chi connectivity index (χ1) is 23.2. The molecule has 0 heterocycles. The number of likely N-dealkylation sites (N-methyl/N-ethyl adjacent to an activating group) is 1. The molecular formula is C39H39N3O5S. The Morgan fingerprint density at radius 1 is 0.729 bits per heavy atom. The number of carbonyl (C=O) groups excluding carboxylic acids is 2. The number of rotatable bonds is 13. The molecule has 0 aliphatic rings. The van der Waals surface area contributed by atoms with Crippen molar-refractivity contribution in [3.05, 3.63) is 156 Å². The second-order valence-electron chi connectivity index (χ2n) is 11.5. The maximum absolute atomic E-state index is 14.6. The molecule has 48 heavy (non-hydrogen) atoms. The quantitative estimate of drug-likeness (QED) is 0.152. The van der Waals surface area contributed by atoms with Gasteiger partial charge in [0.2, 0.25) is 11.8 Å². The zero-order valence-electron chi connectivity index (χ0n) is 27.2. The fourth-order valence-corrected chi connectivity index (χ4v) is 6.78. The molecule has 246 valence electrons. The number of anilines is 1. The van der Waals surface area contributed by atoms with E-state index in [0.29, 0.717) is 11.5 Å². The fraction of sp³-hybridized carbons (Fsp3) is 0.179. The van der Waals surface area contributed by atoms with Crippen LogP contribution in [0.25, 0.3) is 0 Å². The van der Waals surface area contributed by atoms with Crippen LogP contribution in [0.4, 0.5) is 5.69 Å². The molecule has 1 atom stereocenters. The largest absolute Gasteiger partial charge is 0.457 e. The molecule has 0 spiro atoms. The Morgan fingerprint density at radius 3 is 1.94 bits per heavy atom. The maximum atomic E-state index is 14.6. The van der Waals surface area contributed by atoms with Crippen molar-refractivity contribution in [2.24, 2.45) is 0 Å². The van der Waals surface area contributed by atoms with E-state index in [9.17, 15) is 18.0 Å². The summed E-state index contributed by atoms with van der Waals surface area (Å²) in [5.41, 5.74) is 3.84. The minimum absolute atomic E-state index is 0.0445. The monoisotopic (exact) mass is 661 g/mol. The predicted octanol–water partition coefficient (Wildman–Crippen LogP) is 6.68. The van der Waals surface area contributed by atoms with Crippen molar-refractivity contribution in [2.75, 3.05) is 17.9 Å². The molecule has 0 radical (unpaired) electrons. The summed E-state index contributed by atoms with van der Waals surface area (Å²) in [6.45, 7) is 3.39. The lowest BCUT2D eigenvalue weighted by molar-refractivity contribution is -0.139. The number of para-hydroxylation sites is 1. The van der Waals surface area contributed by atoms with Crippen molar-refractivity contribution in [1.82, 2.24) is 10.2 Å².